The molecular weight excluding hydrogens is 275 g/mol. The topological polar surface area (TPSA) is 45.8 Å². The number of aryl methyl sites for hydroxylation is 1. The van der Waals surface area contributed by atoms with Crippen LogP contribution in [0.4, 0.5) is 4.39 Å². The molecule has 2 aromatic heterocycles. The number of hydrogen-bond donors (Lipinski definition) is 1. The van der Waals surface area contributed by atoms with Crippen LogP contribution >= 0.6 is 11.3 Å². The number of benzene rings is 1. The van der Waals surface area contributed by atoms with Gasteiger partial charge in [0.25, 0.3) is 5.56 Å². The first kappa shape index (κ1) is 13.0. The number of fused-ring (bicyclic) bond motifs is 1. The third-order valence-electron chi connectivity index (χ3n) is 3.11. The van der Waals surface area contributed by atoms with Gasteiger partial charge in [0.1, 0.15) is 16.5 Å². The molecule has 0 amide bonds. The van der Waals surface area contributed by atoms with Crippen LogP contribution in [0.25, 0.3) is 10.2 Å². The Kier molecular flexibility index (Phi) is 3.36. The predicted octanol–water partition coefficient (Wildman–Crippen LogP) is 3.28. The molecule has 3 aromatic rings. The van der Waals surface area contributed by atoms with Crippen LogP contribution in [-0.2, 0) is 12.8 Å². The summed E-state index contributed by atoms with van der Waals surface area (Å²) in [6, 6.07) is 8.21. The third-order valence-corrected chi connectivity index (χ3v) is 4.28. The zero-order valence-corrected chi connectivity index (χ0v) is 11.8. The van der Waals surface area contributed by atoms with Gasteiger partial charge < -0.3 is 4.98 Å². The predicted molar refractivity (Wildman–Crippen MR) is 78.8 cm³/mol. The van der Waals surface area contributed by atoms with Crippen molar-refractivity contribution in [1.29, 1.82) is 0 Å². The number of thiophene rings is 1. The van der Waals surface area contributed by atoms with Crippen LogP contribution in [0, 0.1) is 5.82 Å². The van der Waals surface area contributed by atoms with Gasteiger partial charge in [-0.3, -0.25) is 4.79 Å². The number of aromatic amines is 1. The van der Waals surface area contributed by atoms with E-state index in [4.69, 9.17) is 0 Å². The van der Waals surface area contributed by atoms with Crippen molar-refractivity contribution in [3.05, 3.63) is 62.8 Å². The first-order valence-corrected chi connectivity index (χ1v) is 7.23. The van der Waals surface area contributed by atoms with Crippen LogP contribution in [0.5, 0.6) is 0 Å². The van der Waals surface area contributed by atoms with Crippen LogP contribution in [-0.4, -0.2) is 9.97 Å². The summed E-state index contributed by atoms with van der Waals surface area (Å²) in [7, 11) is 0. The monoisotopic (exact) mass is 288 g/mol. The van der Waals surface area contributed by atoms with Crippen molar-refractivity contribution < 1.29 is 4.39 Å². The van der Waals surface area contributed by atoms with Crippen molar-refractivity contribution >= 4 is 21.6 Å². The summed E-state index contributed by atoms with van der Waals surface area (Å²) in [4.78, 5) is 21.2. The fraction of sp³-hybridized carbons (Fsp3) is 0.200. The molecule has 1 N–H and O–H groups in total. The number of aromatic nitrogens is 2. The van der Waals surface area contributed by atoms with E-state index in [1.165, 1.54) is 23.5 Å². The summed E-state index contributed by atoms with van der Waals surface area (Å²) in [6.07, 6.45) is 1.31. The molecule has 3 nitrogen and oxygen atoms in total. The van der Waals surface area contributed by atoms with Gasteiger partial charge in [-0.15, -0.1) is 11.3 Å². The molecule has 102 valence electrons. The third kappa shape index (κ3) is 2.49. The van der Waals surface area contributed by atoms with Crippen LogP contribution in [0.2, 0.25) is 0 Å². The Labute approximate surface area is 119 Å². The molecule has 1 aromatic carbocycles. The van der Waals surface area contributed by atoms with Gasteiger partial charge in [-0.2, -0.15) is 0 Å². The van der Waals surface area contributed by atoms with Crippen LogP contribution in [0.3, 0.4) is 0 Å². The molecule has 0 aliphatic rings. The normalized spacial score (nSPS) is 11.1. The van der Waals surface area contributed by atoms with Crippen LogP contribution in [0.15, 0.2) is 35.1 Å². The summed E-state index contributed by atoms with van der Waals surface area (Å²) < 4.78 is 13.2. The van der Waals surface area contributed by atoms with Gasteiger partial charge in [0.15, 0.2) is 0 Å². The van der Waals surface area contributed by atoms with Gasteiger partial charge in [-0.25, -0.2) is 9.37 Å². The van der Waals surface area contributed by atoms with Gasteiger partial charge in [0.05, 0.1) is 5.39 Å². The smallest absolute Gasteiger partial charge is 0.259 e. The lowest BCUT2D eigenvalue weighted by Gasteiger charge is -2.01. The maximum Gasteiger partial charge on any atom is 0.259 e. The Balaban J connectivity index is 2.02. The first-order valence-electron chi connectivity index (χ1n) is 6.42. The number of rotatable bonds is 3. The van der Waals surface area contributed by atoms with E-state index in [0.717, 1.165) is 21.7 Å². The lowest BCUT2D eigenvalue weighted by Crippen LogP contribution is -2.10. The maximum absolute atomic E-state index is 13.2. The van der Waals surface area contributed by atoms with Crippen molar-refractivity contribution in [3.8, 4) is 0 Å². The molecule has 0 atom stereocenters. The Hall–Kier alpha value is -2.01. The van der Waals surface area contributed by atoms with Gasteiger partial charge in [0.2, 0.25) is 0 Å². The lowest BCUT2D eigenvalue weighted by atomic mass is 10.1. The van der Waals surface area contributed by atoms with Gasteiger partial charge >= 0.3 is 0 Å². The highest BCUT2D eigenvalue weighted by Gasteiger charge is 2.08. The molecule has 0 saturated heterocycles. The number of H-pyrrole nitrogens is 1. The zero-order valence-electron chi connectivity index (χ0n) is 10.9. The van der Waals surface area contributed by atoms with Gasteiger partial charge in [0, 0.05) is 11.3 Å². The molecule has 0 unspecified atom stereocenters. The van der Waals surface area contributed by atoms with Gasteiger partial charge in [-0.1, -0.05) is 19.1 Å². The van der Waals surface area contributed by atoms with Crippen molar-refractivity contribution in [3.63, 3.8) is 0 Å². The standard InChI is InChI=1S/C15H13FN2OS/c1-2-11-8-12-14(19)17-13(18-15(12)20-11)7-9-4-3-5-10(16)6-9/h3-6,8H,2,7H2,1H3,(H,17,18,19). The second-order valence-electron chi connectivity index (χ2n) is 4.60. The van der Waals surface area contributed by atoms with E-state index in [-0.39, 0.29) is 11.4 Å². The number of hydrogen-bond acceptors (Lipinski definition) is 3. The van der Waals surface area contributed by atoms with E-state index >= 15 is 0 Å². The van der Waals surface area contributed by atoms with Crippen molar-refractivity contribution in [2.24, 2.45) is 0 Å². The van der Waals surface area contributed by atoms with Crippen LogP contribution in [0.1, 0.15) is 23.2 Å². The molecule has 0 aliphatic carbocycles. The summed E-state index contributed by atoms with van der Waals surface area (Å²) in [5.74, 6) is 0.285. The highest BCUT2D eigenvalue weighted by molar-refractivity contribution is 7.18. The molecule has 0 fully saturated rings. The summed E-state index contributed by atoms with van der Waals surface area (Å²) in [6.45, 7) is 2.05. The van der Waals surface area contributed by atoms with Crippen LogP contribution < -0.4 is 5.56 Å². The van der Waals surface area contributed by atoms with E-state index in [0.29, 0.717) is 17.6 Å². The zero-order chi connectivity index (χ0) is 14.1. The highest BCUT2D eigenvalue weighted by atomic mass is 32.1. The Morgan fingerprint density at radius 2 is 2.20 bits per heavy atom. The Bertz CT molecular complexity index is 822. The van der Waals surface area contributed by atoms with Crippen molar-refractivity contribution in [1.82, 2.24) is 9.97 Å². The molecule has 3 rings (SSSR count). The van der Waals surface area contributed by atoms with Crippen molar-refractivity contribution in [2.45, 2.75) is 19.8 Å². The number of nitrogens with one attached hydrogen (secondary N) is 1. The Morgan fingerprint density at radius 3 is 2.95 bits per heavy atom. The highest BCUT2D eigenvalue weighted by Crippen LogP contribution is 2.21. The minimum atomic E-state index is -0.282. The maximum atomic E-state index is 13.2. The first-order chi connectivity index (χ1) is 9.65. The Morgan fingerprint density at radius 1 is 1.35 bits per heavy atom. The molecule has 20 heavy (non-hydrogen) atoms. The summed E-state index contributed by atoms with van der Waals surface area (Å²) in [5, 5.41) is 0.634. The number of halogens is 1. The van der Waals surface area contributed by atoms with Gasteiger partial charge in [-0.05, 0) is 30.2 Å². The quantitative estimate of drug-likeness (QED) is 0.804. The number of nitrogens with zero attached hydrogens (tertiary/aromatic N) is 1. The molecule has 0 radical (unpaired) electrons. The van der Waals surface area contributed by atoms with E-state index in [1.54, 1.807) is 6.07 Å². The van der Waals surface area contributed by atoms with E-state index in [9.17, 15) is 9.18 Å². The molecule has 0 bridgehead atoms. The fourth-order valence-electron chi connectivity index (χ4n) is 2.12. The fourth-order valence-corrected chi connectivity index (χ4v) is 3.11. The average Bonchev–Trinajstić information content (AvgIpc) is 2.82. The van der Waals surface area contributed by atoms with E-state index < -0.39 is 0 Å². The van der Waals surface area contributed by atoms with E-state index in [2.05, 4.69) is 9.97 Å². The minimum absolute atomic E-state index is 0.127. The van der Waals surface area contributed by atoms with Crippen molar-refractivity contribution in [2.75, 3.05) is 0 Å². The second-order valence-corrected chi connectivity index (χ2v) is 5.72. The molecule has 0 spiro atoms. The molecule has 2 heterocycles. The molecular formula is C15H13FN2OS. The summed E-state index contributed by atoms with van der Waals surface area (Å²) >= 11 is 1.53. The molecule has 0 saturated carbocycles. The second kappa shape index (κ2) is 5.17. The average molecular weight is 288 g/mol. The lowest BCUT2D eigenvalue weighted by molar-refractivity contribution is 0.626. The molecule has 0 aliphatic heterocycles. The SMILES string of the molecule is CCc1cc2c(=O)[nH]c(Cc3cccc(F)c3)nc2s1. The van der Waals surface area contributed by atoms with E-state index in [1.807, 2.05) is 19.1 Å². The molecule has 5 heteroatoms. The minimum Gasteiger partial charge on any atom is -0.310 e. The largest absolute Gasteiger partial charge is 0.310 e. The summed E-state index contributed by atoms with van der Waals surface area (Å²) in [5.41, 5.74) is 0.664.